The lowest BCUT2D eigenvalue weighted by Gasteiger charge is -2.35. The molecular weight excluding hydrogens is 248 g/mol. The third-order valence-electron chi connectivity index (χ3n) is 3.51. The van der Waals surface area contributed by atoms with Crippen molar-refractivity contribution in [3.8, 4) is 5.75 Å². The number of piperazine rings is 1. The van der Waals surface area contributed by atoms with Gasteiger partial charge in [0.05, 0.1) is 5.02 Å². The van der Waals surface area contributed by atoms with Crippen molar-refractivity contribution in [2.45, 2.75) is 25.8 Å². The van der Waals surface area contributed by atoms with Gasteiger partial charge in [0.15, 0.2) is 0 Å². The minimum atomic E-state index is 0.163. The molecule has 4 heteroatoms. The molecule has 1 saturated heterocycles. The van der Waals surface area contributed by atoms with Crippen LogP contribution < -0.4 is 5.32 Å². The van der Waals surface area contributed by atoms with Crippen molar-refractivity contribution in [2.24, 2.45) is 0 Å². The van der Waals surface area contributed by atoms with Gasteiger partial charge in [0.1, 0.15) is 5.75 Å². The molecule has 2 N–H and O–H groups in total. The van der Waals surface area contributed by atoms with Crippen LogP contribution in [0, 0.1) is 0 Å². The number of halogens is 1. The maximum atomic E-state index is 9.51. The Balaban J connectivity index is 2.19. The summed E-state index contributed by atoms with van der Waals surface area (Å²) in [6, 6.07) is 6.00. The van der Waals surface area contributed by atoms with Gasteiger partial charge < -0.3 is 10.4 Å². The molecule has 1 aromatic carbocycles. The number of nitrogens with zero attached hydrogens (tertiary/aromatic N) is 1. The van der Waals surface area contributed by atoms with Gasteiger partial charge in [0.25, 0.3) is 0 Å². The van der Waals surface area contributed by atoms with Gasteiger partial charge in [-0.15, -0.1) is 0 Å². The first-order valence-electron chi connectivity index (χ1n) is 6.65. The van der Waals surface area contributed by atoms with Crippen molar-refractivity contribution in [1.29, 1.82) is 0 Å². The third-order valence-corrected chi connectivity index (χ3v) is 3.81. The van der Waals surface area contributed by atoms with Gasteiger partial charge in [-0.05, 0) is 24.1 Å². The second-order valence-corrected chi connectivity index (χ2v) is 5.21. The van der Waals surface area contributed by atoms with Crippen LogP contribution >= 0.6 is 11.6 Å². The average Bonchev–Trinajstić information content (AvgIpc) is 2.40. The molecule has 2 rings (SSSR count). The van der Waals surface area contributed by atoms with Crippen LogP contribution in [0.5, 0.6) is 5.75 Å². The van der Waals surface area contributed by atoms with Crippen molar-refractivity contribution < 1.29 is 5.11 Å². The highest BCUT2D eigenvalue weighted by atomic mass is 35.5. The average molecular weight is 269 g/mol. The summed E-state index contributed by atoms with van der Waals surface area (Å²) >= 11 is 6.02. The Morgan fingerprint density at radius 2 is 2.11 bits per heavy atom. The van der Waals surface area contributed by atoms with Gasteiger partial charge in [-0.1, -0.05) is 31.0 Å². The Morgan fingerprint density at radius 1 is 1.39 bits per heavy atom. The van der Waals surface area contributed by atoms with Crippen LogP contribution in [0.4, 0.5) is 0 Å². The van der Waals surface area contributed by atoms with E-state index >= 15 is 0 Å². The van der Waals surface area contributed by atoms with Gasteiger partial charge in [-0.25, -0.2) is 0 Å². The monoisotopic (exact) mass is 268 g/mol. The molecule has 1 aliphatic rings. The van der Waals surface area contributed by atoms with Crippen LogP contribution in [-0.2, 0) is 0 Å². The van der Waals surface area contributed by atoms with E-state index in [0.29, 0.717) is 11.1 Å². The summed E-state index contributed by atoms with van der Waals surface area (Å²) in [5.74, 6) is 0.163. The highest BCUT2D eigenvalue weighted by Gasteiger charge is 2.21. The van der Waals surface area contributed by atoms with Crippen molar-refractivity contribution >= 4 is 11.6 Å². The number of phenolic OH excluding ortho intramolecular Hbond substituents is 1. The first-order chi connectivity index (χ1) is 8.72. The summed E-state index contributed by atoms with van der Waals surface area (Å²) in [7, 11) is 0. The van der Waals surface area contributed by atoms with E-state index in [-0.39, 0.29) is 5.75 Å². The fourth-order valence-corrected chi connectivity index (χ4v) is 2.75. The number of rotatable bonds is 4. The summed E-state index contributed by atoms with van der Waals surface area (Å²) in [5.41, 5.74) is 1.21. The summed E-state index contributed by atoms with van der Waals surface area (Å²) in [6.07, 6.45) is 2.27. The SMILES string of the molecule is CCC[C@@H](c1ccc(O)c(Cl)c1)N1CCNCC1. The lowest BCUT2D eigenvalue weighted by Crippen LogP contribution is -2.45. The van der Waals surface area contributed by atoms with Gasteiger partial charge in [-0.2, -0.15) is 0 Å². The Labute approximate surface area is 114 Å². The highest BCUT2D eigenvalue weighted by Crippen LogP contribution is 2.31. The van der Waals surface area contributed by atoms with E-state index in [4.69, 9.17) is 11.6 Å². The molecule has 0 saturated carbocycles. The highest BCUT2D eigenvalue weighted by molar-refractivity contribution is 6.32. The topological polar surface area (TPSA) is 35.5 Å². The van der Waals surface area contributed by atoms with E-state index in [2.05, 4.69) is 17.1 Å². The fourth-order valence-electron chi connectivity index (χ4n) is 2.56. The summed E-state index contributed by atoms with van der Waals surface area (Å²) in [5, 5.41) is 13.3. The van der Waals surface area contributed by atoms with E-state index in [0.717, 1.165) is 39.0 Å². The Kier molecular flexibility index (Phi) is 4.87. The normalized spacial score (nSPS) is 18.8. The van der Waals surface area contributed by atoms with Crippen molar-refractivity contribution in [1.82, 2.24) is 10.2 Å². The molecule has 1 aliphatic heterocycles. The number of phenols is 1. The Bertz CT molecular complexity index is 391. The largest absolute Gasteiger partial charge is 0.506 e. The predicted molar refractivity (Wildman–Crippen MR) is 75.2 cm³/mol. The predicted octanol–water partition coefficient (Wildman–Crippen LogP) is 2.79. The summed E-state index contributed by atoms with van der Waals surface area (Å²) in [6.45, 7) is 6.45. The zero-order valence-electron chi connectivity index (χ0n) is 10.8. The molecule has 0 unspecified atom stereocenters. The van der Waals surface area contributed by atoms with Gasteiger partial charge in [0, 0.05) is 32.2 Å². The van der Waals surface area contributed by atoms with Gasteiger partial charge in [0.2, 0.25) is 0 Å². The maximum absolute atomic E-state index is 9.51. The summed E-state index contributed by atoms with van der Waals surface area (Å²) in [4.78, 5) is 2.50. The van der Waals surface area contributed by atoms with Crippen LogP contribution in [0.3, 0.4) is 0 Å². The quantitative estimate of drug-likeness (QED) is 0.882. The molecular formula is C14H21ClN2O. The minimum absolute atomic E-state index is 0.163. The molecule has 0 radical (unpaired) electrons. The molecule has 0 spiro atoms. The molecule has 1 fully saturated rings. The van der Waals surface area contributed by atoms with Crippen LogP contribution in [-0.4, -0.2) is 36.2 Å². The van der Waals surface area contributed by atoms with Crippen LogP contribution in [0.2, 0.25) is 5.02 Å². The van der Waals surface area contributed by atoms with Crippen LogP contribution in [0.25, 0.3) is 0 Å². The molecule has 1 aromatic rings. The lowest BCUT2D eigenvalue weighted by atomic mass is 9.99. The maximum Gasteiger partial charge on any atom is 0.134 e. The van der Waals surface area contributed by atoms with Gasteiger partial charge in [-0.3, -0.25) is 4.90 Å². The zero-order valence-corrected chi connectivity index (χ0v) is 11.6. The molecule has 100 valence electrons. The van der Waals surface area contributed by atoms with Crippen molar-refractivity contribution in [3.05, 3.63) is 28.8 Å². The molecule has 3 nitrogen and oxygen atoms in total. The molecule has 0 bridgehead atoms. The number of hydrogen-bond donors (Lipinski definition) is 2. The number of hydrogen-bond acceptors (Lipinski definition) is 3. The number of nitrogens with one attached hydrogen (secondary N) is 1. The molecule has 1 heterocycles. The second-order valence-electron chi connectivity index (χ2n) is 4.80. The zero-order chi connectivity index (χ0) is 13.0. The Morgan fingerprint density at radius 3 is 2.72 bits per heavy atom. The van der Waals surface area contributed by atoms with Crippen molar-refractivity contribution in [2.75, 3.05) is 26.2 Å². The lowest BCUT2D eigenvalue weighted by molar-refractivity contribution is 0.164. The van der Waals surface area contributed by atoms with E-state index < -0.39 is 0 Å². The van der Waals surface area contributed by atoms with E-state index in [1.54, 1.807) is 6.07 Å². The Hall–Kier alpha value is -0.770. The molecule has 0 aliphatic carbocycles. The van der Waals surface area contributed by atoms with Gasteiger partial charge >= 0.3 is 0 Å². The first-order valence-corrected chi connectivity index (χ1v) is 7.03. The molecule has 18 heavy (non-hydrogen) atoms. The van der Waals surface area contributed by atoms with Crippen molar-refractivity contribution in [3.63, 3.8) is 0 Å². The fraction of sp³-hybridized carbons (Fsp3) is 0.571. The summed E-state index contributed by atoms with van der Waals surface area (Å²) < 4.78 is 0. The van der Waals surface area contributed by atoms with E-state index in [1.165, 1.54) is 5.56 Å². The number of aromatic hydroxyl groups is 1. The third kappa shape index (κ3) is 3.16. The van der Waals surface area contributed by atoms with Crippen LogP contribution in [0.1, 0.15) is 31.4 Å². The van der Waals surface area contributed by atoms with E-state index in [1.807, 2.05) is 12.1 Å². The molecule has 1 atom stereocenters. The first kappa shape index (κ1) is 13.7. The minimum Gasteiger partial charge on any atom is -0.506 e. The molecule has 0 aromatic heterocycles. The molecule has 0 amide bonds. The second kappa shape index (κ2) is 6.41. The van der Waals surface area contributed by atoms with Crippen LogP contribution in [0.15, 0.2) is 18.2 Å². The van der Waals surface area contributed by atoms with E-state index in [9.17, 15) is 5.11 Å². The number of benzene rings is 1. The standard InChI is InChI=1S/C14H21ClN2O/c1-2-3-13(17-8-6-16-7-9-17)11-4-5-14(18)12(15)10-11/h4-5,10,13,16,18H,2-3,6-9H2,1H3/t13-/m0/s1. The smallest absolute Gasteiger partial charge is 0.134 e.